The van der Waals surface area contributed by atoms with Gasteiger partial charge < -0.3 is 5.32 Å². The lowest BCUT2D eigenvalue weighted by Crippen LogP contribution is -2.28. The van der Waals surface area contributed by atoms with Gasteiger partial charge in [-0.1, -0.05) is 48.9 Å². The van der Waals surface area contributed by atoms with Crippen LogP contribution in [-0.4, -0.2) is 19.9 Å². The molecule has 0 aliphatic heterocycles. The van der Waals surface area contributed by atoms with Gasteiger partial charge in [0.15, 0.2) is 9.34 Å². The van der Waals surface area contributed by atoms with Crippen molar-refractivity contribution in [2.24, 2.45) is 5.14 Å². The normalized spacial score (nSPS) is 12.4. The second-order valence-electron chi connectivity index (χ2n) is 5.37. The molecular formula is C13H15ClFN3O2S2. The summed E-state index contributed by atoms with van der Waals surface area (Å²) in [4.78, 5) is 3.95. The molecule has 1 aromatic heterocycles. The van der Waals surface area contributed by atoms with Crippen LogP contribution in [0.1, 0.15) is 19.4 Å². The first-order valence-electron chi connectivity index (χ1n) is 6.28. The lowest BCUT2D eigenvalue weighted by atomic mass is 9.84. The molecule has 0 fully saturated rings. The number of aromatic nitrogens is 1. The number of sulfonamides is 1. The van der Waals surface area contributed by atoms with E-state index < -0.39 is 21.3 Å². The van der Waals surface area contributed by atoms with Crippen LogP contribution in [0.25, 0.3) is 0 Å². The number of thiazole rings is 1. The van der Waals surface area contributed by atoms with Crippen LogP contribution in [0, 0.1) is 5.82 Å². The third-order valence-electron chi connectivity index (χ3n) is 3.13. The first-order valence-corrected chi connectivity index (χ1v) is 9.02. The Hall–Kier alpha value is -1.22. The number of hydrogen-bond donors (Lipinski definition) is 2. The van der Waals surface area contributed by atoms with Crippen molar-refractivity contribution in [3.63, 3.8) is 0 Å². The summed E-state index contributed by atoms with van der Waals surface area (Å²) in [5, 5.41) is 8.50. The fourth-order valence-corrected chi connectivity index (χ4v) is 3.51. The Bertz CT molecular complexity index is 790. The van der Waals surface area contributed by atoms with Gasteiger partial charge in [0.05, 0.1) is 11.2 Å². The van der Waals surface area contributed by atoms with Gasteiger partial charge in [-0.25, -0.2) is 22.9 Å². The summed E-state index contributed by atoms with van der Waals surface area (Å²) in [5.74, 6) is -0.458. The molecule has 2 rings (SSSR count). The Morgan fingerprint density at radius 2 is 2.14 bits per heavy atom. The van der Waals surface area contributed by atoms with E-state index in [-0.39, 0.29) is 9.23 Å². The number of nitrogens with zero attached hydrogens (tertiary/aromatic N) is 1. The van der Waals surface area contributed by atoms with Crippen molar-refractivity contribution in [3.05, 3.63) is 40.8 Å². The first-order chi connectivity index (χ1) is 10.1. The molecule has 2 aromatic rings. The quantitative estimate of drug-likeness (QED) is 0.855. The van der Waals surface area contributed by atoms with Crippen molar-refractivity contribution in [1.82, 2.24) is 4.98 Å². The van der Waals surface area contributed by atoms with E-state index in [0.29, 0.717) is 17.2 Å². The van der Waals surface area contributed by atoms with E-state index in [0.717, 1.165) is 11.3 Å². The van der Waals surface area contributed by atoms with Crippen LogP contribution in [0.4, 0.5) is 9.52 Å². The van der Waals surface area contributed by atoms with E-state index in [1.165, 1.54) is 12.3 Å². The molecule has 0 bridgehead atoms. The molecule has 0 saturated carbocycles. The van der Waals surface area contributed by atoms with E-state index >= 15 is 0 Å². The van der Waals surface area contributed by atoms with Gasteiger partial charge >= 0.3 is 0 Å². The van der Waals surface area contributed by atoms with Gasteiger partial charge in [-0.15, -0.1) is 0 Å². The third kappa shape index (κ3) is 3.75. The van der Waals surface area contributed by atoms with E-state index in [4.69, 9.17) is 16.7 Å². The summed E-state index contributed by atoms with van der Waals surface area (Å²) in [7, 11) is -3.76. The summed E-state index contributed by atoms with van der Waals surface area (Å²) in [6.45, 7) is 4.05. The molecule has 0 aliphatic carbocycles. The van der Waals surface area contributed by atoms with Crippen LogP contribution < -0.4 is 10.5 Å². The maximum absolute atomic E-state index is 14.1. The van der Waals surface area contributed by atoms with Crippen molar-refractivity contribution < 1.29 is 12.8 Å². The number of primary sulfonamides is 1. The van der Waals surface area contributed by atoms with Gasteiger partial charge in [0, 0.05) is 12.0 Å². The van der Waals surface area contributed by atoms with E-state index in [1.807, 2.05) is 13.8 Å². The molecule has 1 heterocycles. The van der Waals surface area contributed by atoms with Gasteiger partial charge in [0.1, 0.15) is 5.82 Å². The molecule has 1 aromatic carbocycles. The van der Waals surface area contributed by atoms with Crippen LogP contribution in [-0.2, 0) is 15.4 Å². The predicted octanol–water partition coefficient (Wildman–Crippen LogP) is 2.97. The average molecular weight is 364 g/mol. The van der Waals surface area contributed by atoms with Crippen LogP contribution in [0.3, 0.4) is 0 Å². The molecular weight excluding hydrogens is 349 g/mol. The van der Waals surface area contributed by atoms with Crippen molar-refractivity contribution >= 4 is 38.1 Å². The number of rotatable bonds is 5. The highest BCUT2D eigenvalue weighted by atomic mass is 35.5. The van der Waals surface area contributed by atoms with Crippen LogP contribution in [0.2, 0.25) is 5.02 Å². The maximum atomic E-state index is 14.1. The van der Waals surface area contributed by atoms with Crippen LogP contribution in [0.15, 0.2) is 28.6 Å². The van der Waals surface area contributed by atoms with Gasteiger partial charge in [-0.3, -0.25) is 0 Å². The van der Waals surface area contributed by atoms with Gasteiger partial charge in [-0.2, -0.15) is 0 Å². The summed E-state index contributed by atoms with van der Waals surface area (Å²) < 4.78 is 36.5. The van der Waals surface area contributed by atoms with Gasteiger partial charge in [0.25, 0.3) is 0 Å². The topological polar surface area (TPSA) is 85.1 Å². The second-order valence-corrected chi connectivity index (χ2v) is 8.59. The molecule has 0 aliphatic rings. The molecule has 120 valence electrons. The number of nitrogens with one attached hydrogen (secondary N) is 1. The number of nitrogens with two attached hydrogens (primary N) is 1. The van der Waals surface area contributed by atoms with Crippen LogP contribution in [0.5, 0.6) is 0 Å². The Kier molecular flexibility index (Phi) is 4.76. The number of hydrogen-bond acceptors (Lipinski definition) is 5. The zero-order valence-corrected chi connectivity index (χ0v) is 14.3. The van der Waals surface area contributed by atoms with Crippen molar-refractivity contribution in [3.8, 4) is 0 Å². The highest BCUT2D eigenvalue weighted by Gasteiger charge is 2.25. The van der Waals surface area contributed by atoms with E-state index in [9.17, 15) is 12.8 Å². The van der Waals surface area contributed by atoms with Crippen molar-refractivity contribution in [1.29, 1.82) is 0 Å². The number of halogens is 2. The average Bonchev–Trinajstić information content (AvgIpc) is 2.88. The molecule has 3 N–H and O–H groups in total. The van der Waals surface area contributed by atoms with Gasteiger partial charge in [-0.05, 0) is 11.6 Å². The smallest absolute Gasteiger partial charge is 0.249 e. The lowest BCUT2D eigenvalue weighted by molar-refractivity contribution is 0.504. The molecule has 9 heteroatoms. The minimum atomic E-state index is -3.76. The minimum absolute atomic E-state index is 0.0262. The maximum Gasteiger partial charge on any atom is 0.249 e. The Balaban J connectivity index is 2.16. The number of benzene rings is 1. The lowest BCUT2D eigenvalue weighted by Gasteiger charge is -2.26. The SMILES string of the molecule is CC(C)(CNc1ncc(S(N)(=O)=O)s1)c1cccc(Cl)c1F. The second kappa shape index (κ2) is 6.11. The molecule has 0 unspecified atom stereocenters. The monoisotopic (exact) mass is 363 g/mol. The third-order valence-corrected chi connectivity index (χ3v) is 5.78. The van der Waals surface area contributed by atoms with Gasteiger partial charge in [0.2, 0.25) is 10.0 Å². The molecule has 22 heavy (non-hydrogen) atoms. The largest absolute Gasteiger partial charge is 0.361 e. The molecule has 5 nitrogen and oxygen atoms in total. The van der Waals surface area contributed by atoms with Crippen molar-refractivity contribution in [2.75, 3.05) is 11.9 Å². The molecule has 0 amide bonds. The standard InChI is InChI=1S/C13H15ClFN3O2S2/c1-13(2,8-4-3-5-9(14)11(8)15)7-18-12-17-6-10(21-12)22(16,19)20/h3-6H,7H2,1-2H3,(H,17,18)(H2,16,19,20). The Morgan fingerprint density at radius 3 is 2.73 bits per heavy atom. The van der Waals surface area contributed by atoms with E-state index in [1.54, 1.807) is 12.1 Å². The summed E-state index contributed by atoms with van der Waals surface area (Å²) >= 11 is 6.73. The van der Waals surface area contributed by atoms with Crippen molar-refractivity contribution in [2.45, 2.75) is 23.5 Å². The minimum Gasteiger partial charge on any atom is -0.361 e. The first kappa shape index (κ1) is 17.1. The zero-order chi connectivity index (χ0) is 16.5. The predicted molar refractivity (Wildman–Crippen MR) is 86.4 cm³/mol. The summed E-state index contributed by atoms with van der Waals surface area (Å²) in [5.41, 5.74) is -0.0988. The molecule has 0 atom stereocenters. The van der Waals surface area contributed by atoms with Crippen LogP contribution >= 0.6 is 22.9 Å². The highest BCUT2D eigenvalue weighted by molar-refractivity contribution is 7.91. The summed E-state index contributed by atoms with van der Waals surface area (Å²) in [6, 6.07) is 4.84. The van der Waals surface area contributed by atoms with E-state index in [2.05, 4.69) is 10.3 Å². The molecule has 0 spiro atoms. The summed E-state index contributed by atoms with van der Waals surface area (Å²) in [6.07, 6.45) is 1.19. The molecule has 0 radical (unpaired) electrons. The molecule has 0 saturated heterocycles. The Morgan fingerprint density at radius 1 is 1.45 bits per heavy atom. The fourth-order valence-electron chi connectivity index (χ4n) is 1.89. The fraction of sp³-hybridized carbons (Fsp3) is 0.308. The zero-order valence-electron chi connectivity index (χ0n) is 11.9. The highest BCUT2D eigenvalue weighted by Crippen LogP contribution is 2.30. The Labute approximate surface area is 137 Å². The number of anilines is 1.